The normalized spacial score (nSPS) is 10.6. The van der Waals surface area contributed by atoms with Crippen LogP contribution < -0.4 is 0 Å². The van der Waals surface area contributed by atoms with E-state index < -0.39 is 10.9 Å². The molecule has 0 fully saturated rings. The number of aromatic nitrogens is 2. The Morgan fingerprint density at radius 2 is 2.19 bits per heavy atom. The first-order valence-electron chi connectivity index (χ1n) is 6.12. The van der Waals surface area contributed by atoms with Gasteiger partial charge in [-0.2, -0.15) is 5.10 Å². The molecule has 110 valence electrons. The average Bonchev–Trinajstić information content (AvgIpc) is 2.83. The first-order valence-corrected chi connectivity index (χ1v) is 6.12. The van der Waals surface area contributed by atoms with Crippen molar-refractivity contribution in [2.75, 3.05) is 6.61 Å². The van der Waals surface area contributed by atoms with Gasteiger partial charge in [0.1, 0.15) is 5.69 Å². The first-order chi connectivity index (χ1) is 9.93. The molecule has 0 unspecified atom stereocenters. The van der Waals surface area contributed by atoms with Crippen LogP contribution in [0.2, 0.25) is 0 Å². The standard InChI is InChI=1S/C13H13N3O5/c1-8-2-3-10(16(20)21)11(6-8)15-7-9(4-5-17)12(14-15)13(18)19/h2-3,6-7,17H,4-5H2,1H3,(H,18,19). The summed E-state index contributed by atoms with van der Waals surface area (Å²) in [5.74, 6) is -1.24. The van der Waals surface area contributed by atoms with Crippen LogP contribution in [0.1, 0.15) is 21.6 Å². The molecule has 1 aromatic heterocycles. The summed E-state index contributed by atoms with van der Waals surface area (Å²) in [6.07, 6.45) is 1.50. The molecular weight excluding hydrogens is 278 g/mol. The van der Waals surface area contributed by atoms with Crippen molar-refractivity contribution in [1.82, 2.24) is 9.78 Å². The zero-order chi connectivity index (χ0) is 15.6. The number of nitro groups is 1. The highest BCUT2D eigenvalue weighted by atomic mass is 16.6. The molecule has 1 heterocycles. The molecule has 2 aromatic rings. The lowest BCUT2D eigenvalue weighted by molar-refractivity contribution is -0.384. The summed E-state index contributed by atoms with van der Waals surface area (Å²) in [5, 5.41) is 33.0. The van der Waals surface area contributed by atoms with Crippen molar-refractivity contribution in [2.24, 2.45) is 0 Å². The number of nitrogens with zero attached hydrogens (tertiary/aromatic N) is 3. The minimum Gasteiger partial charge on any atom is -0.476 e. The maximum absolute atomic E-state index is 11.1. The van der Waals surface area contributed by atoms with Crippen molar-refractivity contribution < 1.29 is 19.9 Å². The Labute approximate surface area is 119 Å². The van der Waals surface area contributed by atoms with Gasteiger partial charge < -0.3 is 10.2 Å². The SMILES string of the molecule is Cc1ccc([N+](=O)[O-])c(-n2cc(CCO)c(C(=O)O)n2)c1. The summed E-state index contributed by atoms with van der Waals surface area (Å²) in [7, 11) is 0. The van der Waals surface area contributed by atoms with Gasteiger partial charge in [0.2, 0.25) is 0 Å². The Morgan fingerprint density at radius 1 is 1.48 bits per heavy atom. The smallest absolute Gasteiger partial charge is 0.356 e. The van der Waals surface area contributed by atoms with E-state index in [1.807, 2.05) is 0 Å². The third kappa shape index (κ3) is 2.90. The van der Waals surface area contributed by atoms with Crippen LogP contribution in [-0.2, 0) is 6.42 Å². The van der Waals surface area contributed by atoms with E-state index in [4.69, 9.17) is 10.2 Å². The second-order valence-electron chi connectivity index (χ2n) is 4.48. The van der Waals surface area contributed by atoms with Gasteiger partial charge >= 0.3 is 5.97 Å². The van der Waals surface area contributed by atoms with Crippen molar-refractivity contribution in [2.45, 2.75) is 13.3 Å². The summed E-state index contributed by atoms with van der Waals surface area (Å²) >= 11 is 0. The Morgan fingerprint density at radius 3 is 2.76 bits per heavy atom. The summed E-state index contributed by atoms with van der Waals surface area (Å²) in [4.78, 5) is 21.6. The fourth-order valence-corrected chi connectivity index (χ4v) is 1.99. The van der Waals surface area contributed by atoms with Crippen molar-refractivity contribution >= 4 is 11.7 Å². The van der Waals surface area contributed by atoms with E-state index in [2.05, 4.69) is 5.10 Å². The lowest BCUT2D eigenvalue weighted by atomic mass is 10.2. The molecule has 0 radical (unpaired) electrons. The van der Waals surface area contributed by atoms with Crippen LogP contribution in [0.4, 0.5) is 5.69 Å². The Balaban J connectivity index is 2.61. The highest BCUT2D eigenvalue weighted by Gasteiger charge is 2.21. The Kier molecular flexibility index (Phi) is 3.99. The van der Waals surface area contributed by atoms with Gasteiger partial charge in [-0.05, 0) is 25.0 Å². The molecule has 2 rings (SSSR count). The zero-order valence-corrected chi connectivity index (χ0v) is 11.2. The van der Waals surface area contributed by atoms with Crippen LogP contribution in [0.15, 0.2) is 24.4 Å². The van der Waals surface area contributed by atoms with Gasteiger partial charge in [-0.25, -0.2) is 9.48 Å². The molecular formula is C13H13N3O5. The molecule has 0 aliphatic rings. The highest BCUT2D eigenvalue weighted by Crippen LogP contribution is 2.24. The second kappa shape index (κ2) is 5.71. The maximum Gasteiger partial charge on any atom is 0.356 e. The predicted molar refractivity (Wildman–Crippen MR) is 72.7 cm³/mol. The number of nitro benzene ring substituents is 1. The Hall–Kier alpha value is -2.74. The molecule has 8 heteroatoms. The topological polar surface area (TPSA) is 118 Å². The maximum atomic E-state index is 11.1. The van der Waals surface area contributed by atoms with Gasteiger partial charge in [0, 0.05) is 24.4 Å². The van der Waals surface area contributed by atoms with E-state index in [0.717, 1.165) is 5.56 Å². The van der Waals surface area contributed by atoms with Crippen LogP contribution in [-0.4, -0.2) is 37.5 Å². The summed E-state index contributed by atoms with van der Waals surface area (Å²) in [6.45, 7) is 1.53. The van der Waals surface area contributed by atoms with Crippen LogP contribution in [0.5, 0.6) is 0 Å². The molecule has 21 heavy (non-hydrogen) atoms. The van der Waals surface area contributed by atoms with Crippen molar-refractivity contribution in [3.63, 3.8) is 0 Å². The number of aromatic carboxylic acids is 1. The van der Waals surface area contributed by atoms with Crippen molar-refractivity contribution in [3.05, 3.63) is 51.3 Å². The Bertz CT molecular complexity index is 708. The van der Waals surface area contributed by atoms with E-state index in [0.29, 0.717) is 5.56 Å². The molecule has 0 bridgehead atoms. The minimum atomic E-state index is -1.24. The quantitative estimate of drug-likeness (QED) is 0.633. The van der Waals surface area contributed by atoms with E-state index in [1.165, 1.54) is 16.9 Å². The molecule has 0 aliphatic heterocycles. The largest absolute Gasteiger partial charge is 0.476 e. The number of aliphatic hydroxyl groups is 1. The third-order valence-corrected chi connectivity index (χ3v) is 2.95. The molecule has 0 saturated heterocycles. The number of hydrogen-bond donors (Lipinski definition) is 2. The van der Waals surface area contributed by atoms with Gasteiger partial charge in [0.25, 0.3) is 5.69 Å². The van der Waals surface area contributed by atoms with Crippen LogP contribution in [0, 0.1) is 17.0 Å². The third-order valence-electron chi connectivity index (χ3n) is 2.95. The van der Waals surface area contributed by atoms with Gasteiger partial charge in [0.15, 0.2) is 5.69 Å². The minimum absolute atomic E-state index is 0.112. The molecule has 0 atom stereocenters. The number of carbonyl (C=O) groups is 1. The van der Waals surface area contributed by atoms with Gasteiger partial charge in [-0.3, -0.25) is 10.1 Å². The zero-order valence-electron chi connectivity index (χ0n) is 11.2. The second-order valence-corrected chi connectivity index (χ2v) is 4.48. The molecule has 0 saturated carbocycles. The van der Waals surface area contributed by atoms with Gasteiger partial charge in [0.05, 0.1) is 4.92 Å². The van der Waals surface area contributed by atoms with Crippen molar-refractivity contribution in [1.29, 1.82) is 0 Å². The fourth-order valence-electron chi connectivity index (χ4n) is 1.99. The summed E-state index contributed by atoms with van der Waals surface area (Å²) < 4.78 is 1.17. The van der Waals surface area contributed by atoms with Crippen LogP contribution in [0.25, 0.3) is 5.69 Å². The molecule has 8 nitrogen and oxygen atoms in total. The lowest BCUT2D eigenvalue weighted by Crippen LogP contribution is -2.05. The predicted octanol–water partition coefficient (Wildman–Crippen LogP) is 1.32. The molecule has 0 spiro atoms. The highest BCUT2D eigenvalue weighted by molar-refractivity contribution is 5.87. The van der Waals surface area contributed by atoms with Crippen LogP contribution >= 0.6 is 0 Å². The summed E-state index contributed by atoms with van der Waals surface area (Å²) in [6, 6.07) is 4.50. The fraction of sp³-hybridized carbons (Fsp3) is 0.231. The molecule has 2 N–H and O–H groups in total. The monoisotopic (exact) mass is 291 g/mol. The van der Waals surface area contributed by atoms with E-state index in [1.54, 1.807) is 19.1 Å². The number of rotatable bonds is 5. The average molecular weight is 291 g/mol. The lowest BCUT2D eigenvalue weighted by Gasteiger charge is -2.03. The van der Waals surface area contributed by atoms with E-state index in [9.17, 15) is 14.9 Å². The van der Waals surface area contributed by atoms with Gasteiger partial charge in [-0.15, -0.1) is 0 Å². The van der Waals surface area contributed by atoms with Gasteiger partial charge in [-0.1, -0.05) is 6.07 Å². The summed E-state index contributed by atoms with van der Waals surface area (Å²) in [5.41, 5.74) is 0.898. The van der Waals surface area contributed by atoms with Crippen molar-refractivity contribution in [3.8, 4) is 5.69 Å². The van der Waals surface area contributed by atoms with E-state index >= 15 is 0 Å². The van der Waals surface area contributed by atoms with E-state index in [-0.39, 0.29) is 30.1 Å². The molecule has 1 aromatic carbocycles. The van der Waals surface area contributed by atoms with Crippen LogP contribution in [0.3, 0.4) is 0 Å². The molecule has 0 amide bonds. The number of aliphatic hydroxyl groups excluding tert-OH is 1. The molecule has 0 aliphatic carbocycles. The number of aryl methyl sites for hydroxylation is 1. The first kappa shape index (κ1) is 14.7. The number of carboxylic acid groups (broad SMARTS) is 1. The number of carboxylic acids is 1. The number of hydrogen-bond acceptors (Lipinski definition) is 5. The number of benzene rings is 1.